The van der Waals surface area contributed by atoms with Crippen molar-refractivity contribution in [3.8, 4) is 0 Å². The first-order valence-corrected chi connectivity index (χ1v) is 7.28. The van der Waals surface area contributed by atoms with E-state index in [1.54, 1.807) is 13.0 Å². The molecule has 1 aromatic heterocycles. The Bertz CT molecular complexity index is 710. The molecule has 100 valence electrons. The van der Waals surface area contributed by atoms with Crippen LogP contribution in [0.2, 0.25) is 0 Å². The summed E-state index contributed by atoms with van der Waals surface area (Å²) in [5.74, 6) is 0.515. The van der Waals surface area contributed by atoms with E-state index in [4.69, 9.17) is 9.57 Å². The van der Waals surface area contributed by atoms with Gasteiger partial charge in [0.25, 0.3) is 5.56 Å². The van der Waals surface area contributed by atoms with Crippen LogP contribution in [0.25, 0.3) is 10.9 Å². The molecule has 1 aliphatic rings. The summed E-state index contributed by atoms with van der Waals surface area (Å²) in [5.41, 5.74) is 0.415. The van der Waals surface area contributed by atoms with Crippen LogP contribution >= 0.6 is 31.9 Å². The van der Waals surface area contributed by atoms with Gasteiger partial charge in [0.2, 0.25) is 0 Å². The number of hydrogen-bond donors (Lipinski definition) is 0. The molecule has 0 radical (unpaired) electrons. The third-order valence-corrected chi connectivity index (χ3v) is 3.86. The number of aryl methyl sites for hydroxylation is 1. The Morgan fingerprint density at radius 1 is 1.53 bits per heavy atom. The minimum Gasteiger partial charge on any atom is -0.406 e. The summed E-state index contributed by atoms with van der Waals surface area (Å²) in [6, 6.07) is 3.60. The average molecular weight is 390 g/mol. The molecular weight excluding hydrogens is 380 g/mol. The fraction of sp³-hybridized carbons (Fsp3) is 0.333. The van der Waals surface area contributed by atoms with Gasteiger partial charge in [0, 0.05) is 8.95 Å². The maximum atomic E-state index is 12.4. The molecule has 0 saturated carbocycles. The van der Waals surface area contributed by atoms with Gasteiger partial charge in [0.1, 0.15) is 18.5 Å². The molecule has 1 aliphatic heterocycles. The topological polar surface area (TPSA) is 56.7 Å². The van der Waals surface area contributed by atoms with E-state index >= 15 is 0 Å². The predicted octanol–water partition coefficient (Wildman–Crippen LogP) is 2.06. The first kappa shape index (κ1) is 13.1. The van der Waals surface area contributed by atoms with E-state index in [9.17, 15) is 4.79 Å². The van der Waals surface area contributed by atoms with E-state index in [1.165, 1.54) is 4.73 Å². The van der Waals surface area contributed by atoms with Crippen molar-refractivity contribution in [3.05, 3.63) is 37.3 Å². The van der Waals surface area contributed by atoms with E-state index in [0.717, 1.165) is 8.95 Å². The number of ether oxygens (including phenoxy) is 1. The fourth-order valence-electron chi connectivity index (χ4n) is 1.78. The molecule has 0 N–H and O–H groups in total. The van der Waals surface area contributed by atoms with Gasteiger partial charge >= 0.3 is 0 Å². The van der Waals surface area contributed by atoms with Crippen LogP contribution < -0.4 is 10.4 Å². The van der Waals surface area contributed by atoms with Crippen LogP contribution in [-0.4, -0.2) is 29.0 Å². The Kier molecular flexibility index (Phi) is 3.36. The molecular formula is C12H10Br2N2O3. The molecule has 19 heavy (non-hydrogen) atoms. The number of halogens is 2. The SMILES string of the molecule is Cc1nc2c(Br)cc(Br)cc2c(=O)n1OCC1CO1. The normalized spacial score (nSPS) is 17.7. The molecule has 2 heterocycles. The van der Waals surface area contributed by atoms with Crippen molar-refractivity contribution < 1.29 is 9.57 Å². The van der Waals surface area contributed by atoms with Gasteiger partial charge in [0.15, 0.2) is 0 Å². The fourth-order valence-corrected chi connectivity index (χ4v) is 3.09. The standard InChI is InChI=1S/C12H10Br2N2O3/c1-6-15-11-9(2-7(13)3-10(11)14)12(17)16(6)19-5-8-4-18-8/h2-3,8H,4-5H2,1H3. The van der Waals surface area contributed by atoms with E-state index in [0.29, 0.717) is 29.9 Å². The van der Waals surface area contributed by atoms with Crippen LogP contribution in [-0.2, 0) is 4.74 Å². The molecule has 0 amide bonds. The van der Waals surface area contributed by atoms with Crippen molar-refractivity contribution in [2.75, 3.05) is 13.2 Å². The van der Waals surface area contributed by atoms with Gasteiger partial charge in [-0.25, -0.2) is 4.98 Å². The molecule has 1 atom stereocenters. The molecule has 2 aromatic rings. The lowest BCUT2D eigenvalue weighted by Crippen LogP contribution is -2.32. The number of nitrogens with zero attached hydrogens (tertiary/aromatic N) is 2. The summed E-state index contributed by atoms with van der Waals surface area (Å²) in [4.78, 5) is 22.3. The highest BCUT2D eigenvalue weighted by atomic mass is 79.9. The Morgan fingerprint density at radius 3 is 2.95 bits per heavy atom. The average Bonchev–Trinajstić information content (AvgIpc) is 3.15. The van der Waals surface area contributed by atoms with Crippen LogP contribution in [0, 0.1) is 6.92 Å². The minimum atomic E-state index is -0.217. The minimum absolute atomic E-state index is 0.0937. The second kappa shape index (κ2) is 4.88. The number of hydrogen-bond acceptors (Lipinski definition) is 4. The quantitative estimate of drug-likeness (QED) is 0.754. The van der Waals surface area contributed by atoms with Crippen LogP contribution in [0.15, 0.2) is 25.9 Å². The number of aromatic nitrogens is 2. The van der Waals surface area contributed by atoms with E-state index in [-0.39, 0.29) is 11.7 Å². The van der Waals surface area contributed by atoms with Crippen molar-refractivity contribution in [3.63, 3.8) is 0 Å². The van der Waals surface area contributed by atoms with Gasteiger partial charge in [0.05, 0.1) is 17.5 Å². The molecule has 1 saturated heterocycles. The maximum Gasteiger partial charge on any atom is 0.294 e. The summed E-state index contributed by atoms with van der Waals surface area (Å²) < 4.78 is 7.87. The zero-order valence-electron chi connectivity index (χ0n) is 10.0. The maximum absolute atomic E-state index is 12.4. The predicted molar refractivity (Wildman–Crippen MR) is 77.3 cm³/mol. The summed E-state index contributed by atoms with van der Waals surface area (Å²) in [5, 5.41) is 0.503. The highest BCUT2D eigenvalue weighted by Gasteiger charge is 2.24. The Balaban J connectivity index is 2.14. The van der Waals surface area contributed by atoms with Crippen molar-refractivity contribution in [1.82, 2.24) is 9.71 Å². The lowest BCUT2D eigenvalue weighted by molar-refractivity contribution is 0.0823. The monoisotopic (exact) mass is 388 g/mol. The Morgan fingerprint density at radius 2 is 2.26 bits per heavy atom. The highest BCUT2D eigenvalue weighted by Crippen LogP contribution is 2.25. The summed E-state index contributed by atoms with van der Waals surface area (Å²) in [6.07, 6.45) is 0.0937. The molecule has 0 spiro atoms. The van der Waals surface area contributed by atoms with Gasteiger partial charge < -0.3 is 9.57 Å². The van der Waals surface area contributed by atoms with Crippen LogP contribution in [0.3, 0.4) is 0 Å². The lowest BCUT2D eigenvalue weighted by Gasteiger charge is -2.11. The van der Waals surface area contributed by atoms with Gasteiger partial charge in [-0.05, 0) is 35.0 Å². The molecule has 1 unspecified atom stereocenters. The van der Waals surface area contributed by atoms with E-state index in [1.807, 2.05) is 6.07 Å². The Hall–Kier alpha value is -0.920. The smallest absolute Gasteiger partial charge is 0.294 e. The zero-order chi connectivity index (χ0) is 13.6. The number of epoxide rings is 1. The first-order valence-electron chi connectivity index (χ1n) is 5.69. The molecule has 7 heteroatoms. The molecule has 1 aromatic carbocycles. The van der Waals surface area contributed by atoms with Gasteiger partial charge in [-0.3, -0.25) is 4.79 Å². The van der Waals surface area contributed by atoms with Gasteiger partial charge in [-0.1, -0.05) is 15.9 Å². The third kappa shape index (κ3) is 2.54. The van der Waals surface area contributed by atoms with Crippen molar-refractivity contribution >= 4 is 42.8 Å². The summed E-state index contributed by atoms with van der Waals surface area (Å²) in [7, 11) is 0. The van der Waals surface area contributed by atoms with Crippen LogP contribution in [0.4, 0.5) is 0 Å². The second-order valence-corrected chi connectivity index (χ2v) is 6.06. The second-order valence-electron chi connectivity index (χ2n) is 4.29. The van der Waals surface area contributed by atoms with E-state index in [2.05, 4.69) is 36.8 Å². The molecule has 5 nitrogen and oxygen atoms in total. The van der Waals surface area contributed by atoms with Crippen molar-refractivity contribution in [2.24, 2.45) is 0 Å². The first-order chi connectivity index (χ1) is 9.06. The van der Waals surface area contributed by atoms with E-state index < -0.39 is 0 Å². The zero-order valence-corrected chi connectivity index (χ0v) is 13.2. The third-order valence-electron chi connectivity index (χ3n) is 2.80. The largest absolute Gasteiger partial charge is 0.406 e. The highest BCUT2D eigenvalue weighted by molar-refractivity contribution is 9.11. The van der Waals surface area contributed by atoms with Gasteiger partial charge in [-0.15, -0.1) is 4.73 Å². The molecule has 0 bridgehead atoms. The molecule has 3 rings (SSSR count). The number of fused-ring (bicyclic) bond motifs is 1. The molecule has 0 aliphatic carbocycles. The summed E-state index contributed by atoms with van der Waals surface area (Å²) >= 11 is 6.78. The van der Waals surface area contributed by atoms with Gasteiger partial charge in [-0.2, -0.15) is 0 Å². The number of benzene rings is 1. The lowest BCUT2D eigenvalue weighted by atomic mass is 10.2. The summed E-state index contributed by atoms with van der Waals surface area (Å²) in [6.45, 7) is 2.79. The van der Waals surface area contributed by atoms with Crippen molar-refractivity contribution in [2.45, 2.75) is 13.0 Å². The Labute approximate surface area is 125 Å². The number of rotatable bonds is 3. The van der Waals surface area contributed by atoms with Crippen molar-refractivity contribution in [1.29, 1.82) is 0 Å². The van der Waals surface area contributed by atoms with Crippen LogP contribution in [0.1, 0.15) is 5.82 Å². The van der Waals surface area contributed by atoms with Crippen LogP contribution in [0.5, 0.6) is 0 Å². The molecule has 1 fully saturated rings.